The molecule has 3 aliphatic heterocycles. The number of nitrogens with zero attached hydrogens (tertiary/aromatic N) is 7. The number of fused-ring (bicyclic) bond motifs is 5. The van der Waals surface area contributed by atoms with Crippen LogP contribution in [0.25, 0.3) is 28.1 Å². The Morgan fingerprint density at radius 1 is 0.830 bits per heavy atom. The Kier molecular flexibility index (Phi) is 7.55. The molecule has 0 amide bonds. The van der Waals surface area contributed by atoms with Gasteiger partial charge in [0.15, 0.2) is 34.8 Å². The van der Waals surface area contributed by atoms with E-state index in [1.54, 1.807) is 0 Å². The number of aliphatic hydroxyl groups is 2. The van der Waals surface area contributed by atoms with Crippen molar-refractivity contribution in [2.75, 3.05) is 13.2 Å². The summed E-state index contributed by atoms with van der Waals surface area (Å²) in [7, 11) is 0. The van der Waals surface area contributed by atoms with Gasteiger partial charge < -0.3 is 29.7 Å². The van der Waals surface area contributed by atoms with E-state index >= 15 is 0 Å². The molecular weight excluding hydrogens is 708 g/mol. The van der Waals surface area contributed by atoms with Crippen LogP contribution in [0.2, 0.25) is 0 Å². The minimum Gasteiger partial charge on any atom is -0.386 e. The van der Waals surface area contributed by atoms with Crippen molar-refractivity contribution in [3.05, 3.63) is 52.1 Å². The molecule has 0 radical (unpaired) electrons. The van der Waals surface area contributed by atoms with E-state index in [4.69, 9.17) is 27.6 Å². The van der Waals surface area contributed by atoms with Crippen molar-refractivity contribution < 1.29 is 46.9 Å². The second-order valence-corrected chi connectivity index (χ2v) is 16.5. The zero-order chi connectivity index (χ0) is 32.8. The van der Waals surface area contributed by atoms with Gasteiger partial charge in [-0.3, -0.25) is 41.2 Å². The second-order valence-electron chi connectivity index (χ2n) is 10.7. The van der Waals surface area contributed by atoms with Gasteiger partial charge in [0.25, 0.3) is 11.1 Å². The average molecular weight is 732 g/mol. The highest BCUT2D eigenvalue weighted by molar-refractivity contribution is 8.44. The van der Waals surface area contributed by atoms with E-state index < -0.39 is 87.0 Å². The molecule has 8 heterocycles. The van der Waals surface area contributed by atoms with E-state index in [0.717, 1.165) is 6.33 Å². The summed E-state index contributed by atoms with van der Waals surface area (Å²) in [4.78, 5) is 46.8. The largest absolute Gasteiger partial charge is 0.386 e. The molecule has 8 rings (SSSR count). The predicted octanol–water partition coefficient (Wildman–Crippen LogP) is -0.0849. The van der Waals surface area contributed by atoms with Crippen LogP contribution in [0.4, 0.5) is 0 Å². The minimum absolute atomic E-state index is 0.0212. The average Bonchev–Trinajstić information content (AvgIpc) is 3.84. The van der Waals surface area contributed by atoms with Gasteiger partial charge in [0.1, 0.15) is 36.6 Å². The van der Waals surface area contributed by atoms with Crippen LogP contribution in [0.15, 0.2) is 41.0 Å². The Bertz CT molecular complexity index is 2240. The topological polar surface area (TPSA) is 262 Å². The Morgan fingerprint density at radius 3 is 2.02 bits per heavy atom. The summed E-state index contributed by atoms with van der Waals surface area (Å²) in [5.74, 6) is 0.201. The van der Waals surface area contributed by atoms with Crippen LogP contribution in [0.1, 0.15) is 12.5 Å². The maximum absolute atomic E-state index is 13.5. The fourth-order valence-electron chi connectivity index (χ4n) is 5.77. The maximum atomic E-state index is 13.5. The number of thiol groups is 2. The summed E-state index contributed by atoms with van der Waals surface area (Å²) in [6.07, 6.45) is -4.61. The first kappa shape index (κ1) is 31.4. The van der Waals surface area contributed by atoms with Crippen LogP contribution in [0.5, 0.6) is 0 Å². The van der Waals surface area contributed by atoms with Gasteiger partial charge in [-0.1, -0.05) is 24.5 Å². The molecular formula is C22H23N9O12P2S2. The first-order valence-electron chi connectivity index (χ1n) is 13.7. The number of rotatable bonds is 2. The zero-order valence-electron chi connectivity index (χ0n) is 23.3. The van der Waals surface area contributed by atoms with E-state index in [2.05, 4.69) is 54.4 Å². The summed E-state index contributed by atoms with van der Waals surface area (Å²) >= 11 is 8.14. The van der Waals surface area contributed by atoms with Crippen LogP contribution in [-0.2, 0) is 36.7 Å². The Hall–Kier alpha value is -2.92. The quantitative estimate of drug-likeness (QED) is 0.102. The van der Waals surface area contributed by atoms with E-state index in [0.29, 0.717) is 0 Å². The number of H-pyrrole nitrogens is 2. The summed E-state index contributed by atoms with van der Waals surface area (Å²) in [5.41, 5.74) is -0.930. The summed E-state index contributed by atoms with van der Waals surface area (Å²) in [6.45, 7) is -9.85. The highest BCUT2D eigenvalue weighted by atomic mass is 32.7. The third-order valence-corrected chi connectivity index (χ3v) is 11.1. The van der Waals surface area contributed by atoms with Gasteiger partial charge in [0.2, 0.25) is 5.78 Å². The van der Waals surface area contributed by atoms with Gasteiger partial charge in [-0.25, -0.2) is 24.1 Å². The Balaban J connectivity index is 1.09. The third kappa shape index (κ3) is 5.30. The lowest BCUT2D eigenvalue weighted by molar-refractivity contribution is -0.0561. The fourth-order valence-corrected chi connectivity index (χ4v) is 8.76. The van der Waals surface area contributed by atoms with Crippen molar-refractivity contribution in [2.24, 2.45) is 0 Å². The molecule has 250 valence electrons. The number of imidazole rings is 3. The zero-order valence-corrected chi connectivity index (χ0v) is 26.9. The molecule has 2 unspecified atom stereocenters. The molecule has 0 spiro atoms. The van der Waals surface area contributed by atoms with Gasteiger partial charge in [0, 0.05) is 12.4 Å². The van der Waals surface area contributed by atoms with E-state index in [1.165, 1.54) is 38.6 Å². The first-order chi connectivity index (χ1) is 22.4. The van der Waals surface area contributed by atoms with E-state index in [9.17, 15) is 28.9 Å². The lowest BCUT2D eigenvalue weighted by Crippen LogP contribution is -2.38. The summed E-state index contributed by atoms with van der Waals surface area (Å²) in [6, 6.07) is 0. The first-order valence-corrected chi connectivity index (χ1v) is 19.1. The van der Waals surface area contributed by atoms with E-state index in [1.807, 2.05) is 0 Å². The van der Waals surface area contributed by atoms with Crippen LogP contribution in [0, 0.1) is 0 Å². The van der Waals surface area contributed by atoms with Gasteiger partial charge >= 0.3 is 13.6 Å². The van der Waals surface area contributed by atoms with Crippen molar-refractivity contribution in [1.29, 1.82) is 0 Å². The molecule has 25 heteroatoms. The van der Waals surface area contributed by atoms with Gasteiger partial charge in [-0.15, -0.1) is 0 Å². The van der Waals surface area contributed by atoms with Gasteiger partial charge in [-0.2, -0.15) is 4.98 Å². The monoisotopic (exact) mass is 731 g/mol. The summed E-state index contributed by atoms with van der Waals surface area (Å²) < 4.78 is 65.0. The molecule has 3 aliphatic rings. The van der Waals surface area contributed by atoms with Crippen LogP contribution in [0.3, 0.4) is 0 Å². The maximum Gasteiger partial charge on any atom is 0.386 e. The van der Waals surface area contributed by atoms with Crippen molar-refractivity contribution in [3.63, 3.8) is 0 Å². The molecule has 5 aromatic heterocycles. The number of nitrogens with one attached hydrogen (secondary N) is 2. The number of ether oxygens (including phenoxy) is 2. The number of aliphatic hydroxyl groups excluding tert-OH is 2. The highest BCUT2D eigenvalue weighted by Gasteiger charge is 2.53. The highest BCUT2D eigenvalue weighted by Crippen LogP contribution is 2.60. The normalized spacial score (nSPS) is 36.8. The number of hydrogen-bond donors (Lipinski definition) is 6. The molecule has 0 saturated carbocycles. The van der Waals surface area contributed by atoms with Crippen LogP contribution >= 0.6 is 38.1 Å². The molecule has 10 atom stereocenters. The minimum atomic E-state index is -4.34. The molecule has 47 heavy (non-hydrogen) atoms. The van der Waals surface area contributed by atoms with E-state index in [-0.39, 0.29) is 28.1 Å². The predicted molar refractivity (Wildman–Crippen MR) is 162 cm³/mol. The Labute approximate surface area is 270 Å². The van der Waals surface area contributed by atoms with Crippen molar-refractivity contribution in [2.45, 2.75) is 49.1 Å². The number of hydrogen-bond acceptors (Lipinski definition) is 16. The molecule has 0 aliphatic carbocycles. The molecule has 5 aromatic rings. The molecule has 0 bridgehead atoms. The van der Waals surface area contributed by atoms with Crippen molar-refractivity contribution >= 4 is 66.2 Å². The number of aromatic amines is 2. The van der Waals surface area contributed by atoms with Gasteiger partial charge in [-0.05, 0) is 0 Å². The lowest BCUT2D eigenvalue weighted by Gasteiger charge is -2.28. The lowest BCUT2D eigenvalue weighted by atomic mass is 10.1. The number of aromatic nitrogens is 9. The third-order valence-electron chi connectivity index (χ3n) is 7.91. The standard InChI is InChI=1S/C22H23N9O12P2S2/c32-12-14-8(40-20(12)30-6-26-10-16(30)24-5-25-18(10)34)3-38-45(37,47)43-15-9(4-39-44(36,46)42-14)41-21(13(15)33)31-7-27-11-17(31)28-22-23-1-2-29(22)19(11)35/h1-2,5-9,12-15,20-21,32-33H,3-4H2,(H,23,28)(H,36,46)(H,37,47)(H,24,25,34)/t8-,9-,12-,13-,14-,15-,20-,21-,44?,45?/m1/s1. The molecule has 0 aromatic carbocycles. The summed E-state index contributed by atoms with van der Waals surface area (Å²) in [5, 5.41) is 22.6. The molecule has 3 fully saturated rings. The molecule has 21 nitrogen and oxygen atoms in total. The van der Waals surface area contributed by atoms with Crippen LogP contribution in [-0.4, -0.2) is 103 Å². The SMILES string of the molecule is O=c1[nH]cnc2c1ncn2[C@@H]1O[C@@H]2COP(=O)(S)O[C@H]3[C@@H](O)[C@H](n4cnc5c(=O)n6cc[nH]c6nc54)O[C@@H]3COP(=O)(S)O[C@H]2[C@H]1O. The smallest absolute Gasteiger partial charge is 0.386 e. The molecule has 4 N–H and O–H groups in total. The van der Waals surface area contributed by atoms with Crippen LogP contribution < -0.4 is 11.1 Å². The van der Waals surface area contributed by atoms with Crippen molar-refractivity contribution in [3.8, 4) is 0 Å². The fraction of sp³-hybridized carbons (Fsp3) is 0.455. The molecule has 3 saturated heterocycles. The Morgan fingerprint density at radius 2 is 1.40 bits per heavy atom. The van der Waals surface area contributed by atoms with Crippen molar-refractivity contribution in [1.82, 2.24) is 43.4 Å². The van der Waals surface area contributed by atoms with Gasteiger partial charge in [0.05, 0.1) is 32.2 Å². The second kappa shape index (κ2) is 11.3.